The average molecular weight is 634 g/mol. The van der Waals surface area contributed by atoms with E-state index in [4.69, 9.17) is 19.6 Å². The lowest BCUT2D eigenvalue weighted by atomic mass is 9.82. The van der Waals surface area contributed by atoms with Crippen molar-refractivity contribution >= 4 is 43.7 Å². The summed E-state index contributed by atoms with van der Waals surface area (Å²) < 4.78 is 26.9. The molecule has 1 amide bonds. The fourth-order valence-electron chi connectivity index (χ4n) is 4.17. The molecule has 9 heteroatoms. The van der Waals surface area contributed by atoms with Crippen molar-refractivity contribution in [3.8, 4) is 5.75 Å². The number of hydrogen-bond donors (Lipinski definition) is 2. The van der Waals surface area contributed by atoms with E-state index < -0.39 is 24.2 Å². The average Bonchev–Trinajstić information content (AvgIpc) is 3.30. The molecule has 4 rings (SSSR count). The SMILES string of the molecule is O=C(NCCF)[C@]1(Cc2ccccc2Br)N=C(c2ccc(OCCCO)cc2)O[C@@H]1c1ccc(Br)cc1. The molecular formula is C28H27Br2FN2O4. The van der Waals surface area contributed by atoms with E-state index in [9.17, 15) is 9.18 Å². The molecule has 0 aromatic heterocycles. The van der Waals surface area contributed by atoms with Gasteiger partial charge in [0.1, 0.15) is 12.4 Å². The zero-order valence-electron chi connectivity index (χ0n) is 20.0. The van der Waals surface area contributed by atoms with E-state index in [2.05, 4.69) is 37.2 Å². The zero-order valence-corrected chi connectivity index (χ0v) is 23.2. The topological polar surface area (TPSA) is 80.2 Å². The van der Waals surface area contributed by atoms with Crippen LogP contribution in [-0.2, 0) is 16.0 Å². The monoisotopic (exact) mass is 632 g/mol. The molecule has 0 radical (unpaired) electrons. The lowest BCUT2D eigenvalue weighted by molar-refractivity contribution is -0.129. The van der Waals surface area contributed by atoms with Crippen molar-refractivity contribution in [3.63, 3.8) is 0 Å². The fourth-order valence-corrected chi connectivity index (χ4v) is 4.86. The van der Waals surface area contributed by atoms with Crippen LogP contribution in [0.1, 0.15) is 29.2 Å². The van der Waals surface area contributed by atoms with Gasteiger partial charge >= 0.3 is 0 Å². The summed E-state index contributed by atoms with van der Waals surface area (Å²) in [6.07, 6.45) is 0.0275. The van der Waals surface area contributed by atoms with Gasteiger partial charge in [0.05, 0.1) is 6.61 Å². The summed E-state index contributed by atoms with van der Waals surface area (Å²) in [6.45, 7) is -0.337. The van der Waals surface area contributed by atoms with Crippen molar-refractivity contribution in [2.45, 2.75) is 24.5 Å². The third-order valence-corrected chi connectivity index (χ3v) is 7.30. The van der Waals surface area contributed by atoms with Crippen molar-refractivity contribution in [1.29, 1.82) is 0 Å². The van der Waals surface area contributed by atoms with Gasteiger partial charge in [-0.2, -0.15) is 0 Å². The van der Waals surface area contributed by atoms with Crippen LogP contribution in [0.3, 0.4) is 0 Å². The molecule has 3 aromatic rings. The number of carbonyl (C=O) groups excluding carboxylic acids is 1. The second kappa shape index (κ2) is 12.7. The Morgan fingerprint density at radius 3 is 2.49 bits per heavy atom. The lowest BCUT2D eigenvalue weighted by Gasteiger charge is -2.31. The van der Waals surface area contributed by atoms with Gasteiger partial charge in [-0.05, 0) is 53.6 Å². The van der Waals surface area contributed by atoms with Gasteiger partial charge in [-0.1, -0.05) is 62.2 Å². The molecule has 37 heavy (non-hydrogen) atoms. The molecule has 0 aliphatic carbocycles. The minimum absolute atomic E-state index is 0.0598. The van der Waals surface area contributed by atoms with E-state index >= 15 is 0 Å². The lowest BCUT2D eigenvalue weighted by Crippen LogP contribution is -2.50. The summed E-state index contributed by atoms with van der Waals surface area (Å²) in [6, 6.07) is 22.4. The number of carbonyl (C=O) groups is 1. The minimum Gasteiger partial charge on any atom is -0.494 e. The van der Waals surface area contributed by atoms with Gasteiger partial charge in [-0.3, -0.25) is 4.79 Å². The van der Waals surface area contributed by atoms with Gasteiger partial charge in [0.15, 0.2) is 11.6 Å². The molecule has 1 heterocycles. The third-order valence-electron chi connectivity index (χ3n) is 6.00. The number of aliphatic hydroxyl groups is 1. The number of nitrogens with one attached hydrogen (secondary N) is 1. The van der Waals surface area contributed by atoms with E-state index in [1.807, 2.05) is 60.7 Å². The summed E-state index contributed by atoms with van der Waals surface area (Å²) in [4.78, 5) is 18.7. The number of aliphatic hydroxyl groups excluding tert-OH is 1. The maximum Gasteiger partial charge on any atom is 0.252 e. The molecule has 0 saturated heterocycles. The first-order valence-corrected chi connectivity index (χ1v) is 13.5. The van der Waals surface area contributed by atoms with Gasteiger partial charge in [-0.25, -0.2) is 9.38 Å². The number of nitrogens with zero attached hydrogens (tertiary/aromatic N) is 1. The Balaban J connectivity index is 1.77. The highest BCUT2D eigenvalue weighted by Crippen LogP contribution is 2.43. The molecule has 0 spiro atoms. The highest BCUT2D eigenvalue weighted by molar-refractivity contribution is 9.10. The smallest absolute Gasteiger partial charge is 0.252 e. The van der Waals surface area contributed by atoms with Crippen LogP contribution in [0, 0.1) is 0 Å². The van der Waals surface area contributed by atoms with Gasteiger partial charge < -0.3 is 19.9 Å². The summed E-state index contributed by atoms with van der Waals surface area (Å²) in [5.41, 5.74) is 0.955. The van der Waals surface area contributed by atoms with Crippen molar-refractivity contribution in [2.24, 2.45) is 4.99 Å². The van der Waals surface area contributed by atoms with Crippen LogP contribution in [0.15, 0.2) is 86.7 Å². The minimum atomic E-state index is -1.38. The quantitative estimate of drug-likeness (QED) is 0.271. The van der Waals surface area contributed by atoms with Crippen molar-refractivity contribution < 1.29 is 23.8 Å². The van der Waals surface area contributed by atoms with Gasteiger partial charge in [-0.15, -0.1) is 0 Å². The predicted molar refractivity (Wildman–Crippen MR) is 148 cm³/mol. The summed E-state index contributed by atoms with van der Waals surface area (Å²) in [5.74, 6) is 0.561. The second-order valence-electron chi connectivity index (χ2n) is 8.55. The van der Waals surface area contributed by atoms with Crippen LogP contribution in [0.2, 0.25) is 0 Å². The second-order valence-corrected chi connectivity index (χ2v) is 10.3. The van der Waals surface area contributed by atoms with Crippen LogP contribution in [0.25, 0.3) is 0 Å². The Morgan fingerprint density at radius 2 is 1.81 bits per heavy atom. The maximum absolute atomic E-state index is 13.7. The molecule has 3 aromatic carbocycles. The Bertz CT molecular complexity index is 1240. The molecule has 2 atom stereocenters. The Morgan fingerprint density at radius 1 is 1.08 bits per heavy atom. The number of alkyl halides is 1. The number of amides is 1. The summed E-state index contributed by atoms with van der Waals surface area (Å²) in [7, 11) is 0. The first kappa shape index (κ1) is 27.3. The van der Waals surface area contributed by atoms with Crippen LogP contribution in [0.4, 0.5) is 4.39 Å². The molecule has 194 valence electrons. The van der Waals surface area contributed by atoms with Crippen LogP contribution in [-0.4, -0.2) is 48.9 Å². The van der Waals surface area contributed by atoms with Crippen molar-refractivity contribution in [3.05, 3.63) is 98.4 Å². The first-order valence-electron chi connectivity index (χ1n) is 11.9. The fraction of sp³-hybridized carbons (Fsp3) is 0.286. The molecule has 0 bridgehead atoms. The third kappa shape index (κ3) is 6.40. The Labute approximate surface area is 232 Å². The standard InChI is InChI=1S/C28H27Br2FN2O4/c29-22-10-6-19(7-11-22)25-28(27(35)32-15-14-31,18-21-4-1-2-5-24(21)30)33-26(37-25)20-8-12-23(13-9-20)36-17-3-16-34/h1-2,4-13,25,34H,3,14-18H2,(H,32,35)/t25-,28-/m1/s1. The Hall–Kier alpha value is -2.75. The number of halogens is 3. The molecule has 2 N–H and O–H groups in total. The largest absolute Gasteiger partial charge is 0.494 e. The summed E-state index contributed by atoms with van der Waals surface area (Å²) in [5, 5.41) is 11.7. The van der Waals surface area contributed by atoms with E-state index in [1.54, 1.807) is 12.1 Å². The zero-order chi connectivity index (χ0) is 26.3. The number of hydrogen-bond acceptors (Lipinski definition) is 5. The maximum atomic E-state index is 13.7. The predicted octanol–water partition coefficient (Wildman–Crippen LogP) is 5.56. The highest BCUT2D eigenvalue weighted by atomic mass is 79.9. The molecule has 0 saturated carbocycles. The van der Waals surface area contributed by atoms with Crippen molar-refractivity contribution in [1.82, 2.24) is 5.32 Å². The number of ether oxygens (including phenoxy) is 2. The highest BCUT2D eigenvalue weighted by Gasteiger charge is 2.53. The number of rotatable bonds is 11. The van der Waals surface area contributed by atoms with Gasteiger partial charge in [0.25, 0.3) is 5.91 Å². The molecule has 1 aliphatic heterocycles. The van der Waals surface area contributed by atoms with Crippen LogP contribution < -0.4 is 10.1 Å². The summed E-state index contributed by atoms with van der Waals surface area (Å²) >= 11 is 7.06. The number of aliphatic imine (C=N–C) groups is 1. The molecule has 1 aliphatic rings. The number of benzene rings is 3. The van der Waals surface area contributed by atoms with E-state index in [0.29, 0.717) is 30.2 Å². The van der Waals surface area contributed by atoms with E-state index in [-0.39, 0.29) is 19.6 Å². The van der Waals surface area contributed by atoms with Gasteiger partial charge in [0.2, 0.25) is 5.90 Å². The molecular weight excluding hydrogens is 607 g/mol. The van der Waals surface area contributed by atoms with E-state index in [1.165, 1.54) is 0 Å². The van der Waals surface area contributed by atoms with E-state index in [0.717, 1.165) is 20.1 Å². The van der Waals surface area contributed by atoms with Crippen molar-refractivity contribution in [2.75, 3.05) is 26.4 Å². The normalized spacial score (nSPS) is 18.7. The molecule has 0 unspecified atom stereocenters. The van der Waals surface area contributed by atoms with Crippen LogP contribution >= 0.6 is 31.9 Å². The van der Waals surface area contributed by atoms with Crippen LogP contribution in [0.5, 0.6) is 5.75 Å². The Kier molecular flexibility index (Phi) is 9.34. The molecule has 6 nitrogen and oxygen atoms in total. The first-order chi connectivity index (χ1) is 18.0. The van der Waals surface area contributed by atoms with Gasteiger partial charge in [0, 0.05) is 40.5 Å². The molecule has 0 fully saturated rings.